The van der Waals surface area contributed by atoms with E-state index >= 15 is 0 Å². The van der Waals surface area contributed by atoms with E-state index in [9.17, 15) is 4.79 Å². The average Bonchev–Trinajstić information content (AvgIpc) is 3.20. The van der Waals surface area contributed by atoms with Crippen molar-refractivity contribution in [3.8, 4) is 0 Å². The zero-order valence-corrected chi connectivity index (χ0v) is 15.4. The molecule has 0 radical (unpaired) electrons. The fourth-order valence-electron chi connectivity index (χ4n) is 3.53. The predicted molar refractivity (Wildman–Crippen MR) is 99.4 cm³/mol. The molecule has 4 rings (SSSR count). The summed E-state index contributed by atoms with van der Waals surface area (Å²) in [6.45, 7) is 2.87. The van der Waals surface area contributed by atoms with E-state index in [0.29, 0.717) is 42.0 Å². The Kier molecular flexibility index (Phi) is 4.70. The van der Waals surface area contributed by atoms with Crippen molar-refractivity contribution in [1.29, 1.82) is 0 Å². The second-order valence-corrected chi connectivity index (χ2v) is 7.16. The van der Waals surface area contributed by atoms with Gasteiger partial charge in [-0.25, -0.2) is 4.98 Å². The van der Waals surface area contributed by atoms with Crippen molar-refractivity contribution >= 4 is 23.2 Å². The van der Waals surface area contributed by atoms with E-state index in [1.807, 2.05) is 17.0 Å². The summed E-state index contributed by atoms with van der Waals surface area (Å²) >= 11 is 6.03. The maximum absolute atomic E-state index is 13.1. The van der Waals surface area contributed by atoms with Gasteiger partial charge in [0.15, 0.2) is 0 Å². The number of nitrogens with zero attached hydrogens (tertiary/aromatic N) is 4. The number of imidazole rings is 1. The van der Waals surface area contributed by atoms with Gasteiger partial charge in [0.2, 0.25) is 0 Å². The van der Waals surface area contributed by atoms with Crippen molar-refractivity contribution < 1.29 is 9.53 Å². The second kappa shape index (κ2) is 7.13. The number of hydrogen-bond donors (Lipinski definition) is 0. The van der Waals surface area contributed by atoms with Crippen molar-refractivity contribution in [2.24, 2.45) is 5.92 Å². The molecule has 0 saturated heterocycles. The average molecular weight is 373 g/mol. The lowest BCUT2D eigenvalue weighted by molar-refractivity contribution is 0.0700. The highest BCUT2D eigenvalue weighted by Gasteiger charge is 2.26. The van der Waals surface area contributed by atoms with Crippen LogP contribution in [0.15, 0.2) is 42.9 Å². The highest BCUT2D eigenvalue weighted by atomic mass is 35.5. The molecule has 26 heavy (non-hydrogen) atoms. The third-order valence-electron chi connectivity index (χ3n) is 4.86. The fraction of sp³-hybridized carbons (Fsp3) is 0.368. The van der Waals surface area contributed by atoms with E-state index in [2.05, 4.69) is 21.8 Å². The molecule has 0 bridgehead atoms. The summed E-state index contributed by atoms with van der Waals surface area (Å²) in [6.07, 6.45) is 6.50. The van der Waals surface area contributed by atoms with Gasteiger partial charge >= 0.3 is 0 Å². The number of rotatable bonds is 4. The number of carbonyl (C=O) groups excluding carboxylic acids is 1. The highest BCUT2D eigenvalue weighted by Crippen LogP contribution is 2.21. The van der Waals surface area contributed by atoms with Gasteiger partial charge in [0.05, 0.1) is 11.6 Å². The van der Waals surface area contributed by atoms with Crippen LogP contribution in [0.3, 0.4) is 0 Å². The minimum Gasteiger partial charge on any atom is -0.385 e. The van der Waals surface area contributed by atoms with Crippen LogP contribution in [0.1, 0.15) is 22.6 Å². The summed E-state index contributed by atoms with van der Waals surface area (Å²) < 4.78 is 9.27. The molecule has 3 aromatic heterocycles. The molecule has 0 aliphatic carbocycles. The van der Waals surface area contributed by atoms with Crippen LogP contribution in [0, 0.1) is 5.92 Å². The van der Waals surface area contributed by atoms with Gasteiger partial charge in [0, 0.05) is 51.1 Å². The normalized spacial score (nSPS) is 17.3. The summed E-state index contributed by atoms with van der Waals surface area (Å²) in [5.74, 6) is 0.293. The Bertz CT molecular complexity index is 933. The first-order chi connectivity index (χ1) is 12.6. The lowest BCUT2D eigenvalue weighted by atomic mass is 10.1. The van der Waals surface area contributed by atoms with Crippen LogP contribution in [0.25, 0.3) is 5.65 Å². The Morgan fingerprint density at radius 1 is 1.31 bits per heavy atom. The summed E-state index contributed by atoms with van der Waals surface area (Å²) in [5, 5.41) is 0.612. The lowest BCUT2D eigenvalue weighted by Crippen LogP contribution is -2.34. The SMILES string of the molecule is COCC[C@H]1CN(C(=O)c2cn3cc(Cl)ccc3n2)Cc2cccn2C1. The third-order valence-corrected chi connectivity index (χ3v) is 5.08. The van der Waals surface area contributed by atoms with Gasteiger partial charge in [-0.3, -0.25) is 4.79 Å². The number of carbonyl (C=O) groups is 1. The molecule has 4 heterocycles. The summed E-state index contributed by atoms with van der Waals surface area (Å²) in [7, 11) is 1.71. The maximum Gasteiger partial charge on any atom is 0.274 e. The van der Waals surface area contributed by atoms with Gasteiger partial charge in [0.25, 0.3) is 5.91 Å². The molecule has 0 aromatic carbocycles. The number of aromatic nitrogens is 3. The lowest BCUT2D eigenvalue weighted by Gasteiger charge is -2.23. The van der Waals surface area contributed by atoms with Crippen molar-refractivity contribution in [3.05, 3.63) is 59.3 Å². The largest absolute Gasteiger partial charge is 0.385 e. The number of fused-ring (bicyclic) bond motifs is 2. The standard InChI is InChI=1S/C19H21ClN4O2/c1-26-8-6-14-9-22-7-2-3-16(22)12-24(10-14)19(25)17-13-23-11-15(20)4-5-18(23)21-17/h2-5,7,11,13-14H,6,8-10,12H2,1H3/t14-/m1/s1. The molecule has 1 atom stereocenters. The molecular weight excluding hydrogens is 352 g/mol. The first-order valence-electron chi connectivity index (χ1n) is 8.70. The molecule has 0 N–H and O–H groups in total. The Morgan fingerprint density at radius 3 is 3.04 bits per heavy atom. The maximum atomic E-state index is 13.1. The van der Waals surface area contributed by atoms with Crippen LogP contribution in [0.2, 0.25) is 5.02 Å². The quantitative estimate of drug-likeness (QED) is 0.707. The molecule has 1 amide bonds. The summed E-state index contributed by atoms with van der Waals surface area (Å²) in [6, 6.07) is 7.69. The second-order valence-electron chi connectivity index (χ2n) is 6.72. The number of amides is 1. The smallest absolute Gasteiger partial charge is 0.274 e. The van der Waals surface area contributed by atoms with E-state index in [1.165, 1.54) is 0 Å². The molecule has 7 heteroatoms. The van der Waals surface area contributed by atoms with Gasteiger partial charge in [-0.05, 0) is 36.6 Å². The van der Waals surface area contributed by atoms with Crippen LogP contribution in [-0.2, 0) is 17.8 Å². The van der Waals surface area contributed by atoms with Gasteiger partial charge in [-0.1, -0.05) is 11.6 Å². The number of hydrogen-bond acceptors (Lipinski definition) is 3. The Morgan fingerprint density at radius 2 is 2.19 bits per heavy atom. The molecule has 0 spiro atoms. The van der Waals surface area contributed by atoms with Crippen molar-refractivity contribution in [2.45, 2.75) is 19.5 Å². The first-order valence-corrected chi connectivity index (χ1v) is 9.08. The molecule has 0 fully saturated rings. The zero-order chi connectivity index (χ0) is 18.1. The molecule has 0 unspecified atom stereocenters. The molecular formula is C19H21ClN4O2. The van der Waals surface area contributed by atoms with E-state index in [1.54, 1.807) is 30.0 Å². The minimum atomic E-state index is -0.0538. The molecule has 136 valence electrons. The highest BCUT2D eigenvalue weighted by molar-refractivity contribution is 6.30. The topological polar surface area (TPSA) is 51.8 Å². The van der Waals surface area contributed by atoms with Gasteiger partial charge in [-0.15, -0.1) is 0 Å². The van der Waals surface area contributed by atoms with E-state index < -0.39 is 0 Å². The fourth-order valence-corrected chi connectivity index (χ4v) is 3.70. The number of pyridine rings is 1. The van der Waals surface area contributed by atoms with Crippen molar-refractivity contribution in [1.82, 2.24) is 18.9 Å². The molecule has 1 aliphatic heterocycles. The number of ether oxygens (including phenoxy) is 1. The van der Waals surface area contributed by atoms with Gasteiger partial charge < -0.3 is 18.6 Å². The molecule has 3 aromatic rings. The summed E-state index contributed by atoms with van der Waals surface area (Å²) in [5.41, 5.74) is 2.30. The zero-order valence-electron chi connectivity index (χ0n) is 14.6. The van der Waals surface area contributed by atoms with Crippen molar-refractivity contribution in [2.75, 3.05) is 20.3 Å². The monoisotopic (exact) mass is 372 g/mol. The Labute approximate surface area is 156 Å². The third kappa shape index (κ3) is 3.34. The predicted octanol–water partition coefficient (Wildman–Crippen LogP) is 3.10. The summed E-state index contributed by atoms with van der Waals surface area (Å²) in [4.78, 5) is 19.5. The number of methoxy groups -OCH3 is 1. The van der Waals surface area contributed by atoms with E-state index in [0.717, 1.165) is 18.7 Å². The molecule has 1 aliphatic rings. The van der Waals surface area contributed by atoms with Crippen LogP contribution in [0.5, 0.6) is 0 Å². The molecule has 6 nitrogen and oxygen atoms in total. The van der Waals surface area contributed by atoms with Crippen LogP contribution >= 0.6 is 11.6 Å². The van der Waals surface area contributed by atoms with Crippen LogP contribution in [0.4, 0.5) is 0 Å². The van der Waals surface area contributed by atoms with Crippen LogP contribution in [-0.4, -0.2) is 45.0 Å². The van der Waals surface area contributed by atoms with E-state index in [-0.39, 0.29) is 5.91 Å². The first kappa shape index (κ1) is 17.1. The number of halogens is 1. The van der Waals surface area contributed by atoms with Gasteiger partial charge in [0.1, 0.15) is 11.3 Å². The Hall–Kier alpha value is -2.31. The van der Waals surface area contributed by atoms with Crippen LogP contribution < -0.4 is 0 Å². The molecule has 0 saturated carbocycles. The Balaban J connectivity index is 1.62. The van der Waals surface area contributed by atoms with Gasteiger partial charge in [-0.2, -0.15) is 0 Å². The minimum absolute atomic E-state index is 0.0538. The van der Waals surface area contributed by atoms with E-state index in [4.69, 9.17) is 16.3 Å². The van der Waals surface area contributed by atoms with Crippen molar-refractivity contribution in [3.63, 3.8) is 0 Å².